The Morgan fingerprint density at radius 3 is 2.57 bits per heavy atom. The zero-order valence-electron chi connectivity index (χ0n) is 11.4. The molecular formula is C15H16N2O4. The minimum Gasteiger partial charge on any atom is -0.481 e. The highest BCUT2D eigenvalue weighted by Gasteiger charge is 2.34. The molecule has 1 atom stereocenters. The van der Waals surface area contributed by atoms with Gasteiger partial charge in [-0.2, -0.15) is 0 Å². The molecule has 110 valence electrons. The lowest BCUT2D eigenvalue weighted by atomic mass is 10.1. The summed E-state index contributed by atoms with van der Waals surface area (Å²) in [5.74, 6) is -2.08. The van der Waals surface area contributed by atoms with Crippen LogP contribution in [0.5, 0.6) is 0 Å². The quantitative estimate of drug-likeness (QED) is 0.793. The molecule has 2 rings (SSSR count). The third-order valence-corrected chi connectivity index (χ3v) is 3.32. The molecule has 1 aromatic carbocycles. The summed E-state index contributed by atoms with van der Waals surface area (Å²) in [5.41, 5.74) is 1.08. The van der Waals surface area contributed by atoms with Crippen LogP contribution in [-0.4, -0.2) is 36.0 Å². The van der Waals surface area contributed by atoms with E-state index in [9.17, 15) is 14.4 Å². The number of carbonyl (C=O) groups is 3. The maximum absolute atomic E-state index is 11.8. The van der Waals surface area contributed by atoms with Crippen molar-refractivity contribution < 1.29 is 19.5 Å². The molecule has 1 aromatic rings. The monoisotopic (exact) mass is 288 g/mol. The average molecular weight is 288 g/mol. The van der Waals surface area contributed by atoms with Gasteiger partial charge in [-0.3, -0.25) is 14.4 Å². The molecule has 1 unspecified atom stereocenters. The topological polar surface area (TPSA) is 86.7 Å². The van der Waals surface area contributed by atoms with E-state index in [1.165, 1.54) is 4.90 Å². The van der Waals surface area contributed by atoms with Gasteiger partial charge in [-0.15, -0.1) is 6.58 Å². The van der Waals surface area contributed by atoms with Gasteiger partial charge in [0.1, 0.15) is 0 Å². The van der Waals surface area contributed by atoms with E-state index in [0.29, 0.717) is 17.8 Å². The Hall–Kier alpha value is -2.63. The lowest BCUT2D eigenvalue weighted by Gasteiger charge is -2.16. The van der Waals surface area contributed by atoms with E-state index in [1.54, 1.807) is 30.3 Å². The molecule has 0 spiro atoms. The fraction of sp³-hybridized carbons (Fsp3) is 0.267. The third kappa shape index (κ3) is 3.28. The van der Waals surface area contributed by atoms with Crippen LogP contribution in [0, 0.1) is 5.92 Å². The van der Waals surface area contributed by atoms with Crippen molar-refractivity contribution in [2.24, 2.45) is 5.92 Å². The third-order valence-electron chi connectivity index (χ3n) is 3.32. The first kappa shape index (κ1) is 14.8. The van der Waals surface area contributed by atoms with Crippen LogP contribution in [0.4, 0.5) is 5.69 Å². The molecule has 21 heavy (non-hydrogen) atoms. The van der Waals surface area contributed by atoms with Gasteiger partial charge in [-0.25, -0.2) is 0 Å². The fourth-order valence-electron chi connectivity index (χ4n) is 2.18. The van der Waals surface area contributed by atoms with Crippen LogP contribution in [0.1, 0.15) is 16.8 Å². The van der Waals surface area contributed by atoms with Gasteiger partial charge in [0.15, 0.2) is 0 Å². The minimum absolute atomic E-state index is 0.0108. The Kier molecular flexibility index (Phi) is 4.37. The second-order valence-electron chi connectivity index (χ2n) is 4.79. The predicted octanol–water partition coefficient (Wildman–Crippen LogP) is 1.04. The van der Waals surface area contributed by atoms with Gasteiger partial charge in [-0.1, -0.05) is 6.08 Å². The number of benzene rings is 1. The zero-order valence-corrected chi connectivity index (χ0v) is 11.4. The van der Waals surface area contributed by atoms with E-state index in [4.69, 9.17) is 5.11 Å². The molecule has 1 heterocycles. The van der Waals surface area contributed by atoms with Crippen molar-refractivity contribution in [1.29, 1.82) is 0 Å². The van der Waals surface area contributed by atoms with Crippen LogP contribution < -0.4 is 10.2 Å². The number of aliphatic carboxylic acids is 1. The Morgan fingerprint density at radius 2 is 2.05 bits per heavy atom. The molecule has 1 fully saturated rings. The highest BCUT2D eigenvalue weighted by atomic mass is 16.4. The molecule has 6 nitrogen and oxygen atoms in total. The molecule has 1 aliphatic heterocycles. The highest BCUT2D eigenvalue weighted by molar-refractivity contribution is 6.00. The Morgan fingerprint density at radius 1 is 1.38 bits per heavy atom. The molecule has 0 radical (unpaired) electrons. The largest absolute Gasteiger partial charge is 0.481 e. The standard InChI is InChI=1S/C15H16N2O4/c1-2-7-16-14(19)10-3-5-12(6-4-10)17-9-11(15(20)21)8-13(17)18/h2-6,11H,1,7-9H2,(H,16,19)(H,20,21). The number of carboxylic acids is 1. The molecule has 6 heteroatoms. The molecule has 0 saturated carbocycles. The Balaban J connectivity index is 2.09. The van der Waals surface area contributed by atoms with E-state index in [-0.39, 0.29) is 24.8 Å². The minimum atomic E-state index is -0.966. The predicted molar refractivity (Wildman–Crippen MR) is 77.1 cm³/mol. The summed E-state index contributed by atoms with van der Waals surface area (Å²) in [5, 5.41) is 11.6. The summed E-state index contributed by atoms with van der Waals surface area (Å²) >= 11 is 0. The first-order valence-electron chi connectivity index (χ1n) is 6.55. The molecule has 0 bridgehead atoms. The number of hydrogen-bond acceptors (Lipinski definition) is 3. The normalized spacial score (nSPS) is 17.6. The van der Waals surface area contributed by atoms with Crippen molar-refractivity contribution in [3.63, 3.8) is 0 Å². The average Bonchev–Trinajstić information content (AvgIpc) is 2.87. The van der Waals surface area contributed by atoms with E-state index in [1.807, 2.05) is 0 Å². The summed E-state index contributed by atoms with van der Waals surface area (Å²) in [6.07, 6.45) is 1.60. The van der Waals surface area contributed by atoms with Gasteiger partial charge in [0, 0.05) is 30.8 Å². The van der Waals surface area contributed by atoms with Crippen LogP contribution in [-0.2, 0) is 9.59 Å². The highest BCUT2D eigenvalue weighted by Crippen LogP contribution is 2.25. The van der Waals surface area contributed by atoms with Gasteiger partial charge < -0.3 is 15.3 Å². The van der Waals surface area contributed by atoms with E-state index < -0.39 is 11.9 Å². The molecule has 2 amide bonds. The van der Waals surface area contributed by atoms with Crippen LogP contribution in [0.3, 0.4) is 0 Å². The summed E-state index contributed by atoms with van der Waals surface area (Å²) < 4.78 is 0. The van der Waals surface area contributed by atoms with Gasteiger partial charge in [-0.05, 0) is 24.3 Å². The van der Waals surface area contributed by atoms with E-state index >= 15 is 0 Å². The molecule has 0 aromatic heterocycles. The van der Waals surface area contributed by atoms with Crippen LogP contribution in [0.2, 0.25) is 0 Å². The van der Waals surface area contributed by atoms with Gasteiger partial charge in [0.25, 0.3) is 5.91 Å². The second-order valence-corrected chi connectivity index (χ2v) is 4.79. The molecule has 0 aliphatic carbocycles. The summed E-state index contributed by atoms with van der Waals surface area (Å²) in [6, 6.07) is 6.50. The number of hydrogen-bond donors (Lipinski definition) is 2. The van der Waals surface area contributed by atoms with Gasteiger partial charge in [0.2, 0.25) is 5.91 Å². The summed E-state index contributed by atoms with van der Waals surface area (Å²) in [6.45, 7) is 4.06. The van der Waals surface area contributed by atoms with Crippen LogP contribution in [0.15, 0.2) is 36.9 Å². The Labute approximate surface area is 122 Å². The zero-order chi connectivity index (χ0) is 15.4. The van der Waals surface area contributed by atoms with Crippen LogP contribution >= 0.6 is 0 Å². The molecule has 1 aliphatic rings. The molecule has 1 saturated heterocycles. The van der Waals surface area contributed by atoms with E-state index in [2.05, 4.69) is 11.9 Å². The lowest BCUT2D eigenvalue weighted by molar-refractivity contribution is -0.141. The van der Waals surface area contributed by atoms with Gasteiger partial charge >= 0.3 is 5.97 Å². The number of nitrogens with zero attached hydrogens (tertiary/aromatic N) is 1. The fourth-order valence-corrected chi connectivity index (χ4v) is 2.18. The van der Waals surface area contributed by atoms with Crippen LogP contribution in [0.25, 0.3) is 0 Å². The van der Waals surface area contributed by atoms with E-state index in [0.717, 1.165) is 0 Å². The smallest absolute Gasteiger partial charge is 0.308 e. The number of carboxylic acid groups (broad SMARTS) is 1. The van der Waals surface area contributed by atoms with Crippen molar-refractivity contribution in [2.75, 3.05) is 18.0 Å². The summed E-state index contributed by atoms with van der Waals surface area (Å²) in [4.78, 5) is 35.9. The maximum Gasteiger partial charge on any atom is 0.308 e. The second kappa shape index (κ2) is 6.21. The molecule has 2 N–H and O–H groups in total. The number of carbonyl (C=O) groups excluding carboxylic acids is 2. The Bertz CT molecular complexity index is 580. The van der Waals surface area contributed by atoms with Crippen molar-refractivity contribution >= 4 is 23.5 Å². The lowest BCUT2D eigenvalue weighted by Crippen LogP contribution is -2.26. The first-order valence-corrected chi connectivity index (χ1v) is 6.55. The number of amides is 2. The summed E-state index contributed by atoms with van der Waals surface area (Å²) in [7, 11) is 0. The van der Waals surface area contributed by atoms with Gasteiger partial charge in [0.05, 0.1) is 5.92 Å². The molecular weight excluding hydrogens is 272 g/mol. The van der Waals surface area contributed by atoms with Crippen molar-refractivity contribution in [3.8, 4) is 0 Å². The maximum atomic E-state index is 11.8. The van der Waals surface area contributed by atoms with Crippen molar-refractivity contribution in [1.82, 2.24) is 5.32 Å². The SMILES string of the molecule is C=CCNC(=O)c1ccc(N2CC(C(=O)O)CC2=O)cc1. The first-order chi connectivity index (χ1) is 10.0. The van der Waals surface area contributed by atoms with Crippen molar-refractivity contribution in [3.05, 3.63) is 42.5 Å². The number of anilines is 1. The number of rotatable bonds is 5. The van der Waals surface area contributed by atoms with Crippen molar-refractivity contribution in [2.45, 2.75) is 6.42 Å². The number of nitrogens with one attached hydrogen (secondary N) is 1.